The first-order chi connectivity index (χ1) is 8.09. The van der Waals surface area contributed by atoms with Gasteiger partial charge in [-0.1, -0.05) is 23.8 Å². The van der Waals surface area contributed by atoms with Gasteiger partial charge < -0.3 is 10.6 Å². The predicted octanol–water partition coefficient (Wildman–Crippen LogP) is 3.48. The second-order valence-electron chi connectivity index (χ2n) is 4.07. The Labute approximate surface area is 100 Å². The molecule has 0 fully saturated rings. The molecule has 2 nitrogen and oxygen atoms in total. The first kappa shape index (κ1) is 11.5. The average Bonchev–Trinajstić information content (AvgIpc) is 2.29. The van der Waals surface area contributed by atoms with Crippen LogP contribution in [0.2, 0.25) is 0 Å². The molecule has 88 valence electrons. The fourth-order valence-electron chi connectivity index (χ4n) is 1.78. The lowest BCUT2D eigenvalue weighted by Gasteiger charge is -2.21. The maximum atomic E-state index is 13.7. The van der Waals surface area contributed by atoms with Crippen LogP contribution in [0.1, 0.15) is 5.56 Å². The number of rotatable bonds is 2. The Morgan fingerprint density at radius 1 is 1.06 bits per heavy atom. The fraction of sp³-hybridized carbons (Fsp3) is 0.143. The monoisotopic (exact) mass is 230 g/mol. The number of para-hydroxylation sites is 1. The van der Waals surface area contributed by atoms with Crippen LogP contribution in [0.4, 0.5) is 21.5 Å². The number of hydrogen-bond acceptors (Lipinski definition) is 2. The molecule has 0 bridgehead atoms. The Hall–Kier alpha value is -2.03. The van der Waals surface area contributed by atoms with Crippen molar-refractivity contribution in [2.24, 2.45) is 0 Å². The van der Waals surface area contributed by atoms with Crippen LogP contribution in [-0.2, 0) is 0 Å². The van der Waals surface area contributed by atoms with Gasteiger partial charge in [-0.25, -0.2) is 4.39 Å². The van der Waals surface area contributed by atoms with Crippen molar-refractivity contribution in [2.75, 3.05) is 17.7 Å². The van der Waals surface area contributed by atoms with Gasteiger partial charge in [0.1, 0.15) is 11.5 Å². The average molecular weight is 230 g/mol. The molecule has 0 radical (unpaired) electrons. The molecule has 0 aliphatic rings. The quantitative estimate of drug-likeness (QED) is 0.800. The molecule has 0 amide bonds. The normalized spacial score (nSPS) is 10.3. The van der Waals surface area contributed by atoms with Crippen molar-refractivity contribution in [1.82, 2.24) is 0 Å². The summed E-state index contributed by atoms with van der Waals surface area (Å²) in [6.07, 6.45) is 0. The van der Waals surface area contributed by atoms with E-state index in [1.54, 1.807) is 24.1 Å². The van der Waals surface area contributed by atoms with Gasteiger partial charge in [0.2, 0.25) is 0 Å². The van der Waals surface area contributed by atoms with Gasteiger partial charge in [-0.05, 0) is 31.2 Å². The highest BCUT2D eigenvalue weighted by molar-refractivity contribution is 5.74. The van der Waals surface area contributed by atoms with E-state index in [1.165, 1.54) is 11.6 Å². The van der Waals surface area contributed by atoms with Gasteiger partial charge in [0.25, 0.3) is 0 Å². The second-order valence-corrected chi connectivity index (χ2v) is 4.07. The summed E-state index contributed by atoms with van der Waals surface area (Å²) in [6, 6.07) is 12.6. The SMILES string of the molecule is Cc1ccc(N(C)c2c(N)cccc2F)cc1. The number of anilines is 3. The standard InChI is InChI=1S/C14H15FN2/c1-10-6-8-11(9-7-10)17(2)14-12(15)4-3-5-13(14)16/h3-9H,16H2,1-2H3. The number of nitrogen functional groups attached to an aromatic ring is 1. The Balaban J connectivity index is 2.43. The van der Waals surface area contributed by atoms with E-state index in [1.807, 2.05) is 31.2 Å². The van der Waals surface area contributed by atoms with Crippen molar-refractivity contribution in [1.29, 1.82) is 0 Å². The molecule has 3 heteroatoms. The smallest absolute Gasteiger partial charge is 0.148 e. The van der Waals surface area contributed by atoms with Crippen LogP contribution in [0.15, 0.2) is 42.5 Å². The maximum Gasteiger partial charge on any atom is 0.148 e. The topological polar surface area (TPSA) is 29.3 Å². The summed E-state index contributed by atoms with van der Waals surface area (Å²) in [5.74, 6) is -0.312. The van der Waals surface area contributed by atoms with Crippen LogP contribution in [0.25, 0.3) is 0 Å². The Bertz CT molecular complexity index is 500. The van der Waals surface area contributed by atoms with E-state index in [2.05, 4.69) is 0 Å². The van der Waals surface area contributed by atoms with Gasteiger partial charge in [0.15, 0.2) is 0 Å². The van der Waals surface area contributed by atoms with Crippen LogP contribution in [-0.4, -0.2) is 7.05 Å². The zero-order chi connectivity index (χ0) is 12.4. The summed E-state index contributed by atoms with van der Waals surface area (Å²) in [7, 11) is 1.80. The molecule has 0 unspecified atom stereocenters. The lowest BCUT2D eigenvalue weighted by Crippen LogP contribution is -2.13. The molecule has 0 aliphatic heterocycles. The van der Waals surface area contributed by atoms with Crippen LogP contribution in [0.5, 0.6) is 0 Å². The molecule has 0 saturated carbocycles. The summed E-state index contributed by atoms with van der Waals surface area (Å²) >= 11 is 0. The van der Waals surface area contributed by atoms with Gasteiger partial charge in [-0.2, -0.15) is 0 Å². The second kappa shape index (κ2) is 4.45. The lowest BCUT2D eigenvalue weighted by molar-refractivity contribution is 0.628. The Kier molecular flexibility index (Phi) is 3.00. The van der Waals surface area contributed by atoms with Crippen molar-refractivity contribution in [3.63, 3.8) is 0 Å². The van der Waals surface area contributed by atoms with E-state index in [0.717, 1.165) is 5.69 Å². The van der Waals surface area contributed by atoms with Crippen LogP contribution < -0.4 is 10.6 Å². The number of nitrogens with zero attached hydrogens (tertiary/aromatic N) is 1. The third-order valence-electron chi connectivity index (χ3n) is 2.77. The zero-order valence-corrected chi connectivity index (χ0v) is 9.94. The maximum absolute atomic E-state index is 13.7. The van der Waals surface area contributed by atoms with Gasteiger partial charge in [-0.15, -0.1) is 0 Å². The van der Waals surface area contributed by atoms with E-state index in [-0.39, 0.29) is 5.82 Å². The minimum Gasteiger partial charge on any atom is -0.397 e. The van der Waals surface area contributed by atoms with Crippen molar-refractivity contribution in [2.45, 2.75) is 6.92 Å². The minimum atomic E-state index is -0.312. The molecule has 17 heavy (non-hydrogen) atoms. The first-order valence-electron chi connectivity index (χ1n) is 5.44. The highest BCUT2D eigenvalue weighted by Crippen LogP contribution is 2.31. The van der Waals surface area contributed by atoms with E-state index in [9.17, 15) is 4.39 Å². The molecular weight excluding hydrogens is 215 g/mol. The summed E-state index contributed by atoms with van der Waals surface area (Å²) in [5.41, 5.74) is 8.74. The Morgan fingerprint density at radius 2 is 1.71 bits per heavy atom. The summed E-state index contributed by atoms with van der Waals surface area (Å²) in [5, 5.41) is 0. The predicted molar refractivity (Wildman–Crippen MR) is 70.1 cm³/mol. The number of hydrogen-bond donors (Lipinski definition) is 1. The highest BCUT2D eigenvalue weighted by Gasteiger charge is 2.12. The third-order valence-corrected chi connectivity index (χ3v) is 2.77. The summed E-state index contributed by atoms with van der Waals surface area (Å²) < 4.78 is 13.7. The molecule has 2 rings (SSSR count). The molecule has 0 aromatic heterocycles. The third kappa shape index (κ3) is 2.23. The van der Waals surface area contributed by atoms with E-state index in [4.69, 9.17) is 5.73 Å². The number of benzene rings is 2. The van der Waals surface area contributed by atoms with E-state index < -0.39 is 0 Å². The van der Waals surface area contributed by atoms with Crippen molar-refractivity contribution >= 4 is 17.1 Å². The van der Waals surface area contributed by atoms with Crippen molar-refractivity contribution in [3.05, 3.63) is 53.8 Å². The molecule has 2 N–H and O–H groups in total. The summed E-state index contributed by atoms with van der Waals surface area (Å²) in [4.78, 5) is 1.75. The van der Waals surface area contributed by atoms with Crippen molar-refractivity contribution in [3.8, 4) is 0 Å². The van der Waals surface area contributed by atoms with E-state index in [0.29, 0.717) is 11.4 Å². The zero-order valence-electron chi connectivity index (χ0n) is 9.94. The van der Waals surface area contributed by atoms with Crippen LogP contribution >= 0.6 is 0 Å². The summed E-state index contributed by atoms with van der Waals surface area (Å²) in [6.45, 7) is 2.02. The Morgan fingerprint density at radius 3 is 2.29 bits per heavy atom. The number of nitrogens with two attached hydrogens (primary N) is 1. The molecule has 0 aliphatic carbocycles. The fourth-order valence-corrected chi connectivity index (χ4v) is 1.78. The van der Waals surface area contributed by atoms with E-state index >= 15 is 0 Å². The molecule has 0 atom stereocenters. The lowest BCUT2D eigenvalue weighted by atomic mass is 10.2. The first-order valence-corrected chi connectivity index (χ1v) is 5.44. The number of halogens is 1. The minimum absolute atomic E-state index is 0.312. The van der Waals surface area contributed by atoms with Crippen LogP contribution in [0, 0.1) is 12.7 Å². The molecule has 2 aromatic rings. The molecule has 2 aromatic carbocycles. The van der Waals surface area contributed by atoms with Crippen LogP contribution in [0.3, 0.4) is 0 Å². The molecule has 0 saturated heterocycles. The highest BCUT2D eigenvalue weighted by atomic mass is 19.1. The largest absolute Gasteiger partial charge is 0.397 e. The molecule has 0 spiro atoms. The van der Waals surface area contributed by atoms with Gasteiger partial charge in [0.05, 0.1) is 5.69 Å². The molecule has 0 heterocycles. The molecular formula is C14H15FN2. The van der Waals surface area contributed by atoms with Gasteiger partial charge >= 0.3 is 0 Å². The number of aryl methyl sites for hydroxylation is 1. The van der Waals surface area contributed by atoms with Gasteiger partial charge in [-0.3, -0.25) is 0 Å². The van der Waals surface area contributed by atoms with Gasteiger partial charge in [0, 0.05) is 12.7 Å². The van der Waals surface area contributed by atoms with Crippen molar-refractivity contribution < 1.29 is 4.39 Å².